The van der Waals surface area contributed by atoms with E-state index in [0.29, 0.717) is 11.1 Å². The summed E-state index contributed by atoms with van der Waals surface area (Å²) in [7, 11) is 0. The topological polar surface area (TPSA) is 128 Å². The Morgan fingerprint density at radius 1 is 1.23 bits per heavy atom. The standard InChI is InChI=1S/C9H19N.C8H10AsNO6/c1-8(2)6-5-7-9(3,4)10-8;1-5(11)10-6-2-3-7(8(12)4-6)9(13,14)16-15/h10H,5-7H2,1-4H3;2-4,12,15H,1H3,(H,10,11)(H,13,14). The molecule has 1 aromatic carbocycles. The number of benzene rings is 1. The Labute approximate surface area is 156 Å². The number of hydrogen-bond donors (Lipinski definition) is 5. The second-order valence-electron chi connectivity index (χ2n) is 7.73. The van der Waals surface area contributed by atoms with Crippen molar-refractivity contribution in [1.82, 2.24) is 5.32 Å². The van der Waals surface area contributed by atoms with Gasteiger partial charge in [0, 0.05) is 11.1 Å². The third-order valence-corrected chi connectivity index (χ3v) is 6.53. The first kappa shape index (κ1) is 22.7. The fourth-order valence-corrected chi connectivity index (χ4v) is 4.58. The first-order valence-corrected chi connectivity index (χ1v) is 11.7. The minimum Gasteiger partial charge on any atom is -0.307 e. The summed E-state index contributed by atoms with van der Waals surface area (Å²) in [5.41, 5.74) is 0.992. The zero-order valence-corrected chi connectivity index (χ0v) is 17.7. The fourth-order valence-electron chi connectivity index (χ4n) is 3.10. The number of aromatic hydroxyl groups is 1. The zero-order valence-electron chi connectivity index (χ0n) is 15.9. The van der Waals surface area contributed by atoms with Gasteiger partial charge in [0.05, 0.1) is 0 Å². The first-order chi connectivity index (χ1) is 11.8. The summed E-state index contributed by atoms with van der Waals surface area (Å²) in [4.78, 5) is 10.7. The molecule has 1 unspecified atom stereocenters. The molecule has 148 valence electrons. The van der Waals surface area contributed by atoms with Crippen LogP contribution >= 0.6 is 0 Å². The van der Waals surface area contributed by atoms with Gasteiger partial charge >= 0.3 is 93.2 Å². The average molecular weight is 432 g/mol. The molecule has 0 aromatic heterocycles. The SMILES string of the molecule is CC(=O)Nc1ccc([As](=O)(O)OO)c(O)c1.CC1(C)CCCC(C)(C)N1. The predicted octanol–water partition coefficient (Wildman–Crippen LogP) is 1.73. The summed E-state index contributed by atoms with van der Waals surface area (Å²) in [6.07, 6.45) is 4.00. The van der Waals surface area contributed by atoms with Crippen LogP contribution in [-0.2, 0) is 12.4 Å². The summed E-state index contributed by atoms with van der Waals surface area (Å²) < 4.78 is 23.4. The molecule has 1 amide bonds. The number of nitrogens with one attached hydrogen (secondary N) is 2. The van der Waals surface area contributed by atoms with E-state index in [2.05, 4.69) is 42.2 Å². The number of carbonyl (C=O) groups is 1. The van der Waals surface area contributed by atoms with Gasteiger partial charge in [-0.05, 0) is 47.0 Å². The minimum atomic E-state index is -5.07. The van der Waals surface area contributed by atoms with E-state index in [4.69, 9.17) is 9.35 Å². The van der Waals surface area contributed by atoms with Crippen LogP contribution in [0.5, 0.6) is 5.75 Å². The van der Waals surface area contributed by atoms with E-state index in [9.17, 15) is 13.6 Å². The maximum Gasteiger partial charge on any atom is 0.0130 e. The molecule has 1 aromatic rings. The number of phenols is 1. The van der Waals surface area contributed by atoms with Gasteiger partial charge in [0.1, 0.15) is 0 Å². The molecule has 2 rings (SSSR count). The van der Waals surface area contributed by atoms with Crippen molar-refractivity contribution < 1.29 is 26.9 Å². The maximum absolute atomic E-state index is 11.2. The van der Waals surface area contributed by atoms with Crippen LogP contribution in [-0.4, -0.2) is 45.6 Å². The summed E-state index contributed by atoms with van der Waals surface area (Å²) in [5.74, 6) is -0.881. The van der Waals surface area contributed by atoms with Crippen LogP contribution in [0.25, 0.3) is 0 Å². The molecule has 0 radical (unpaired) electrons. The smallest absolute Gasteiger partial charge is 0.0130 e. The number of hydrogen-bond acceptors (Lipinski definition) is 6. The van der Waals surface area contributed by atoms with Crippen molar-refractivity contribution in [3.05, 3.63) is 18.2 Å². The third-order valence-electron chi connectivity index (χ3n) is 3.99. The van der Waals surface area contributed by atoms with E-state index in [1.54, 1.807) is 0 Å². The Morgan fingerprint density at radius 3 is 2.12 bits per heavy atom. The van der Waals surface area contributed by atoms with Crippen molar-refractivity contribution in [3.8, 4) is 5.75 Å². The summed E-state index contributed by atoms with van der Waals surface area (Å²) in [6.45, 7) is 10.4. The Kier molecular flexibility index (Phi) is 7.50. The molecule has 1 saturated heterocycles. The van der Waals surface area contributed by atoms with Crippen LogP contribution in [0.2, 0.25) is 0 Å². The van der Waals surface area contributed by atoms with Gasteiger partial charge in [-0.2, -0.15) is 0 Å². The largest absolute Gasteiger partial charge is 0.307 e. The van der Waals surface area contributed by atoms with E-state index >= 15 is 0 Å². The number of carbonyl (C=O) groups excluding carboxylic acids is 1. The van der Waals surface area contributed by atoms with E-state index in [1.807, 2.05) is 0 Å². The molecule has 26 heavy (non-hydrogen) atoms. The number of anilines is 1. The van der Waals surface area contributed by atoms with E-state index < -0.39 is 24.3 Å². The summed E-state index contributed by atoms with van der Waals surface area (Å²) in [5, 5.41) is 23.6. The van der Waals surface area contributed by atoms with Crippen LogP contribution < -0.4 is 15.0 Å². The van der Waals surface area contributed by atoms with Gasteiger partial charge in [0.25, 0.3) is 0 Å². The maximum atomic E-state index is 11.2. The molecule has 0 saturated carbocycles. The second kappa shape index (κ2) is 8.58. The second-order valence-corrected chi connectivity index (χ2v) is 11.3. The molecule has 1 aliphatic rings. The number of amides is 1. The van der Waals surface area contributed by atoms with Crippen molar-refractivity contribution in [2.45, 2.75) is 65.0 Å². The summed E-state index contributed by atoms with van der Waals surface area (Å²) in [6, 6.07) is 3.48. The predicted molar refractivity (Wildman–Crippen MR) is 99.6 cm³/mol. The van der Waals surface area contributed by atoms with E-state index in [0.717, 1.165) is 12.1 Å². The molecule has 0 bridgehead atoms. The van der Waals surface area contributed by atoms with E-state index in [1.165, 1.54) is 32.3 Å². The van der Waals surface area contributed by atoms with Gasteiger partial charge < -0.3 is 5.32 Å². The quantitative estimate of drug-likeness (QED) is 0.280. The Hall–Kier alpha value is -1.31. The molecule has 1 fully saturated rings. The van der Waals surface area contributed by atoms with Crippen LogP contribution in [0, 0.1) is 0 Å². The van der Waals surface area contributed by atoms with Crippen molar-refractivity contribution >= 4 is 30.1 Å². The Bertz CT molecular complexity index is 676. The average Bonchev–Trinajstić information content (AvgIpc) is 2.44. The number of rotatable bonds is 3. The van der Waals surface area contributed by atoms with Gasteiger partial charge in [-0.1, -0.05) is 0 Å². The fraction of sp³-hybridized carbons (Fsp3) is 0.588. The van der Waals surface area contributed by atoms with Crippen LogP contribution in [0.15, 0.2) is 18.2 Å². The number of phenolic OH excluding ortho intramolecular Hbond substituents is 1. The molecule has 0 spiro atoms. The third kappa shape index (κ3) is 7.13. The molecule has 1 heterocycles. The normalized spacial score (nSPS) is 20.3. The molecular formula is C17H29AsN2O6. The molecular weight excluding hydrogens is 403 g/mol. The van der Waals surface area contributed by atoms with Crippen LogP contribution in [0.1, 0.15) is 53.9 Å². The van der Waals surface area contributed by atoms with Gasteiger partial charge in [0.2, 0.25) is 0 Å². The molecule has 1 atom stereocenters. The van der Waals surface area contributed by atoms with Crippen molar-refractivity contribution in [3.63, 3.8) is 0 Å². The first-order valence-electron chi connectivity index (χ1n) is 8.34. The van der Waals surface area contributed by atoms with Crippen LogP contribution in [0.3, 0.4) is 0 Å². The van der Waals surface area contributed by atoms with E-state index in [-0.39, 0.29) is 11.6 Å². The molecule has 0 aliphatic carbocycles. The molecule has 5 N–H and O–H groups in total. The Balaban J connectivity index is 0.000000289. The molecule has 9 heteroatoms. The minimum absolute atomic E-state index is 0.266. The molecule has 8 nitrogen and oxygen atoms in total. The molecule has 1 aliphatic heterocycles. The van der Waals surface area contributed by atoms with Gasteiger partial charge in [0.15, 0.2) is 0 Å². The number of piperidine rings is 1. The summed E-state index contributed by atoms with van der Waals surface area (Å²) >= 11 is -5.07. The van der Waals surface area contributed by atoms with Gasteiger partial charge in [-0.25, -0.2) is 0 Å². The van der Waals surface area contributed by atoms with Gasteiger partial charge in [-0.15, -0.1) is 0 Å². The Morgan fingerprint density at radius 2 is 1.77 bits per heavy atom. The van der Waals surface area contributed by atoms with Crippen molar-refractivity contribution in [1.29, 1.82) is 0 Å². The zero-order chi connectivity index (χ0) is 20.2. The van der Waals surface area contributed by atoms with Crippen molar-refractivity contribution in [2.75, 3.05) is 5.32 Å². The van der Waals surface area contributed by atoms with Crippen molar-refractivity contribution in [2.24, 2.45) is 0 Å². The van der Waals surface area contributed by atoms with Crippen LogP contribution in [0.4, 0.5) is 5.69 Å². The monoisotopic (exact) mass is 432 g/mol. The van der Waals surface area contributed by atoms with Gasteiger partial charge in [-0.3, -0.25) is 0 Å².